The Morgan fingerprint density at radius 2 is 1.89 bits per heavy atom. The lowest BCUT2D eigenvalue weighted by Crippen LogP contribution is -2.32. The van der Waals surface area contributed by atoms with Crippen molar-refractivity contribution in [2.45, 2.75) is 38.8 Å². The van der Waals surface area contributed by atoms with Crippen LogP contribution in [0.2, 0.25) is 0 Å². The third kappa shape index (κ3) is 3.85. The Balaban J connectivity index is 1.38. The minimum atomic E-state index is -0.0615. The van der Waals surface area contributed by atoms with Crippen molar-refractivity contribution in [2.75, 3.05) is 26.7 Å². The summed E-state index contributed by atoms with van der Waals surface area (Å²) in [6, 6.07) is 14.4. The molecule has 1 saturated heterocycles. The maximum absolute atomic E-state index is 12.8. The maximum atomic E-state index is 12.8. The predicted octanol–water partition coefficient (Wildman–Crippen LogP) is 4.55. The van der Waals surface area contributed by atoms with Crippen LogP contribution in [-0.4, -0.2) is 47.0 Å². The van der Waals surface area contributed by atoms with Gasteiger partial charge in [0.1, 0.15) is 5.76 Å². The zero-order chi connectivity index (χ0) is 19.5. The van der Waals surface area contributed by atoms with Crippen molar-refractivity contribution in [1.82, 2.24) is 14.4 Å². The van der Waals surface area contributed by atoms with Gasteiger partial charge >= 0.3 is 0 Å². The lowest BCUT2D eigenvalue weighted by molar-refractivity contribution is 0.0751. The van der Waals surface area contributed by atoms with Gasteiger partial charge in [-0.25, -0.2) is 0 Å². The topological polar surface area (TPSA) is 41.6 Å². The molecular weight excluding hydrogens is 350 g/mol. The van der Waals surface area contributed by atoms with Gasteiger partial charge < -0.3 is 13.9 Å². The van der Waals surface area contributed by atoms with E-state index in [0.29, 0.717) is 12.3 Å². The van der Waals surface area contributed by atoms with Crippen molar-refractivity contribution in [2.24, 2.45) is 0 Å². The molecule has 3 aromatic rings. The molecule has 4 rings (SSSR count). The van der Waals surface area contributed by atoms with Crippen LogP contribution in [0.15, 0.2) is 53.1 Å². The average Bonchev–Trinajstić information content (AvgIpc) is 3.39. The normalized spacial score (nSPS) is 16.4. The molecule has 1 aliphatic rings. The molecule has 1 aromatic carbocycles. The van der Waals surface area contributed by atoms with Crippen LogP contribution in [0.3, 0.4) is 0 Å². The summed E-state index contributed by atoms with van der Waals surface area (Å²) in [4.78, 5) is 17.0. The smallest absolute Gasteiger partial charge is 0.289 e. The molecule has 1 amide bonds. The minimum Gasteiger partial charge on any atom is -0.454 e. The van der Waals surface area contributed by atoms with Gasteiger partial charge in [-0.1, -0.05) is 24.6 Å². The quantitative estimate of drug-likeness (QED) is 0.631. The van der Waals surface area contributed by atoms with Gasteiger partial charge in [-0.05, 0) is 62.5 Å². The molecule has 0 radical (unpaired) electrons. The Kier molecular flexibility index (Phi) is 5.53. The molecular formula is C23H29N3O2. The number of hydrogen-bond donors (Lipinski definition) is 0. The first-order valence-corrected chi connectivity index (χ1v) is 10.3. The minimum absolute atomic E-state index is 0.0615. The van der Waals surface area contributed by atoms with Gasteiger partial charge in [0.15, 0.2) is 5.76 Å². The van der Waals surface area contributed by atoms with Gasteiger partial charge in [-0.15, -0.1) is 0 Å². The van der Waals surface area contributed by atoms with Crippen molar-refractivity contribution in [3.8, 4) is 0 Å². The zero-order valence-corrected chi connectivity index (χ0v) is 16.8. The van der Waals surface area contributed by atoms with Gasteiger partial charge in [0.05, 0.1) is 6.04 Å². The fraction of sp³-hybridized carbons (Fsp3) is 0.435. The van der Waals surface area contributed by atoms with Gasteiger partial charge in [0.25, 0.3) is 5.91 Å². The summed E-state index contributed by atoms with van der Waals surface area (Å²) in [5.41, 5.74) is 1.19. The standard InChI is InChI=1S/C23H29N3O2/c1-18(25-13-6-3-7-14-25)21-10-11-22(28-21)23(27)24(2)16-17-26-15-12-19-8-4-5-9-20(19)26/h4-5,8-12,15,18H,3,6-7,13-14,16-17H2,1-2H3. The second-order valence-corrected chi connectivity index (χ2v) is 7.77. The molecule has 0 aliphatic carbocycles. The molecule has 28 heavy (non-hydrogen) atoms. The molecule has 1 atom stereocenters. The number of likely N-dealkylation sites (tertiary alicyclic amines) is 1. The van der Waals surface area contributed by atoms with E-state index in [-0.39, 0.29) is 11.9 Å². The Labute approximate surface area is 166 Å². The molecule has 2 aromatic heterocycles. The highest BCUT2D eigenvalue weighted by molar-refractivity contribution is 5.91. The van der Waals surface area contributed by atoms with E-state index >= 15 is 0 Å². The number of fused-ring (bicyclic) bond motifs is 1. The van der Waals surface area contributed by atoms with Crippen LogP contribution < -0.4 is 0 Å². The summed E-state index contributed by atoms with van der Waals surface area (Å²) in [6.07, 6.45) is 5.88. The van der Waals surface area contributed by atoms with E-state index in [0.717, 1.165) is 25.4 Å². The number of nitrogens with zero attached hydrogens (tertiary/aromatic N) is 3. The molecule has 148 valence electrons. The molecule has 5 heteroatoms. The molecule has 3 heterocycles. The van der Waals surface area contributed by atoms with Crippen molar-refractivity contribution < 1.29 is 9.21 Å². The number of piperidine rings is 1. The van der Waals surface area contributed by atoms with Crippen LogP contribution in [-0.2, 0) is 6.54 Å². The molecule has 1 unspecified atom stereocenters. The number of furan rings is 1. The van der Waals surface area contributed by atoms with Crippen LogP contribution in [0.4, 0.5) is 0 Å². The SMILES string of the molecule is CC(c1ccc(C(=O)N(C)CCn2ccc3ccccc32)o1)N1CCCCC1. The number of aromatic nitrogens is 1. The number of amides is 1. The van der Waals surface area contributed by atoms with Crippen LogP contribution in [0.25, 0.3) is 10.9 Å². The number of carbonyl (C=O) groups excluding carboxylic acids is 1. The summed E-state index contributed by atoms with van der Waals surface area (Å²) in [5.74, 6) is 1.25. The number of benzene rings is 1. The maximum Gasteiger partial charge on any atom is 0.289 e. The molecule has 0 N–H and O–H groups in total. The largest absolute Gasteiger partial charge is 0.454 e. The lowest BCUT2D eigenvalue weighted by atomic mass is 10.1. The average molecular weight is 380 g/mol. The summed E-state index contributed by atoms with van der Waals surface area (Å²) < 4.78 is 8.13. The van der Waals surface area contributed by atoms with Crippen molar-refractivity contribution in [1.29, 1.82) is 0 Å². The first-order valence-electron chi connectivity index (χ1n) is 10.3. The van der Waals surface area contributed by atoms with E-state index in [9.17, 15) is 4.79 Å². The zero-order valence-electron chi connectivity index (χ0n) is 16.8. The van der Waals surface area contributed by atoms with E-state index < -0.39 is 0 Å². The number of carbonyl (C=O) groups is 1. The fourth-order valence-corrected chi connectivity index (χ4v) is 4.06. The highest BCUT2D eigenvalue weighted by Crippen LogP contribution is 2.26. The van der Waals surface area contributed by atoms with Crippen molar-refractivity contribution in [3.05, 3.63) is 60.2 Å². The highest BCUT2D eigenvalue weighted by atomic mass is 16.4. The second-order valence-electron chi connectivity index (χ2n) is 7.77. The van der Waals surface area contributed by atoms with E-state index in [1.807, 2.05) is 31.3 Å². The van der Waals surface area contributed by atoms with Gasteiger partial charge in [0, 0.05) is 31.9 Å². The van der Waals surface area contributed by atoms with Crippen LogP contribution in [0.1, 0.15) is 48.5 Å². The number of para-hydroxylation sites is 1. The predicted molar refractivity (Wildman–Crippen MR) is 111 cm³/mol. The van der Waals surface area contributed by atoms with Crippen LogP contribution in [0.5, 0.6) is 0 Å². The summed E-state index contributed by atoms with van der Waals surface area (Å²) in [6.45, 7) is 5.77. The Morgan fingerprint density at radius 3 is 2.71 bits per heavy atom. The number of hydrogen-bond acceptors (Lipinski definition) is 3. The molecule has 1 fully saturated rings. The second kappa shape index (κ2) is 8.23. The number of rotatable bonds is 6. The van der Waals surface area contributed by atoms with E-state index in [2.05, 4.69) is 40.8 Å². The van der Waals surface area contributed by atoms with E-state index in [1.54, 1.807) is 4.90 Å². The monoisotopic (exact) mass is 379 g/mol. The fourth-order valence-electron chi connectivity index (χ4n) is 4.06. The lowest BCUT2D eigenvalue weighted by Gasteiger charge is -2.31. The van der Waals surface area contributed by atoms with E-state index in [4.69, 9.17) is 4.42 Å². The first-order chi connectivity index (χ1) is 13.6. The molecule has 0 saturated carbocycles. The van der Waals surface area contributed by atoms with Gasteiger partial charge in [-0.3, -0.25) is 9.69 Å². The molecule has 0 bridgehead atoms. The molecule has 5 nitrogen and oxygen atoms in total. The Hall–Kier alpha value is -2.53. The molecule has 1 aliphatic heterocycles. The first kappa shape index (κ1) is 18.8. The van der Waals surface area contributed by atoms with Crippen molar-refractivity contribution >= 4 is 16.8 Å². The highest BCUT2D eigenvalue weighted by Gasteiger charge is 2.23. The third-order valence-electron chi connectivity index (χ3n) is 5.89. The number of likely N-dealkylation sites (N-methyl/N-ethyl adjacent to an activating group) is 1. The Morgan fingerprint density at radius 1 is 1.11 bits per heavy atom. The molecule has 0 spiro atoms. The van der Waals surface area contributed by atoms with Gasteiger partial charge in [0.2, 0.25) is 0 Å². The van der Waals surface area contributed by atoms with Crippen LogP contribution >= 0.6 is 0 Å². The summed E-state index contributed by atoms with van der Waals surface area (Å²) in [5, 5.41) is 1.22. The summed E-state index contributed by atoms with van der Waals surface area (Å²) in [7, 11) is 1.84. The van der Waals surface area contributed by atoms with E-state index in [1.165, 1.54) is 30.2 Å². The van der Waals surface area contributed by atoms with Crippen LogP contribution in [0, 0.1) is 0 Å². The third-order valence-corrected chi connectivity index (χ3v) is 5.89. The van der Waals surface area contributed by atoms with Gasteiger partial charge in [-0.2, -0.15) is 0 Å². The summed E-state index contributed by atoms with van der Waals surface area (Å²) >= 11 is 0. The van der Waals surface area contributed by atoms with Crippen molar-refractivity contribution in [3.63, 3.8) is 0 Å². The Bertz CT molecular complexity index is 936.